The van der Waals surface area contributed by atoms with E-state index >= 15 is 0 Å². The number of carbonyl (C=O) groups excluding carboxylic acids is 1. The van der Waals surface area contributed by atoms with Crippen molar-refractivity contribution in [2.75, 3.05) is 19.6 Å². The maximum atomic E-state index is 12.6. The van der Waals surface area contributed by atoms with E-state index in [1.54, 1.807) is 0 Å². The molecule has 112 valence electrons. The summed E-state index contributed by atoms with van der Waals surface area (Å²) in [5, 5.41) is 0. The Bertz CT molecular complexity index is 305. The maximum absolute atomic E-state index is 12.6. The molecule has 2 rings (SSSR count). The first kappa shape index (κ1) is 16.8. The maximum Gasteiger partial charge on any atom is 0.226 e. The average Bonchev–Trinajstić information content (AvgIpc) is 3.05. The Kier molecular flexibility index (Phi) is 6.13. The van der Waals surface area contributed by atoms with Crippen LogP contribution in [0.25, 0.3) is 0 Å². The van der Waals surface area contributed by atoms with E-state index in [4.69, 9.17) is 5.73 Å². The first-order chi connectivity index (χ1) is 8.65. The van der Waals surface area contributed by atoms with Gasteiger partial charge in [-0.3, -0.25) is 4.79 Å². The fourth-order valence-corrected chi connectivity index (χ4v) is 3.83. The molecule has 2 atom stereocenters. The van der Waals surface area contributed by atoms with E-state index in [0.29, 0.717) is 23.8 Å². The van der Waals surface area contributed by atoms with Crippen LogP contribution >= 0.6 is 12.4 Å². The third-order valence-corrected chi connectivity index (χ3v) is 5.53. The normalized spacial score (nSPS) is 29.3. The number of halogens is 1. The van der Waals surface area contributed by atoms with Crippen LogP contribution in [0, 0.1) is 17.3 Å². The van der Waals surface area contributed by atoms with Crippen molar-refractivity contribution in [1.29, 1.82) is 0 Å². The topological polar surface area (TPSA) is 46.3 Å². The molecule has 4 heteroatoms. The third-order valence-electron chi connectivity index (χ3n) is 5.53. The van der Waals surface area contributed by atoms with Crippen molar-refractivity contribution >= 4 is 18.3 Å². The Morgan fingerprint density at radius 1 is 1.32 bits per heavy atom. The van der Waals surface area contributed by atoms with Crippen LogP contribution in [0.4, 0.5) is 0 Å². The zero-order valence-electron chi connectivity index (χ0n) is 12.4. The summed E-state index contributed by atoms with van der Waals surface area (Å²) in [7, 11) is 0. The second kappa shape index (κ2) is 6.94. The lowest BCUT2D eigenvalue weighted by atomic mass is 9.82. The van der Waals surface area contributed by atoms with E-state index in [2.05, 4.69) is 18.7 Å². The largest absolute Gasteiger partial charge is 0.342 e. The summed E-state index contributed by atoms with van der Waals surface area (Å²) < 4.78 is 0. The van der Waals surface area contributed by atoms with Gasteiger partial charge in [0, 0.05) is 19.0 Å². The Labute approximate surface area is 123 Å². The summed E-state index contributed by atoms with van der Waals surface area (Å²) in [6, 6.07) is 0. The van der Waals surface area contributed by atoms with Gasteiger partial charge in [-0.1, -0.05) is 20.3 Å². The first-order valence-corrected chi connectivity index (χ1v) is 7.64. The van der Waals surface area contributed by atoms with E-state index in [1.807, 2.05) is 0 Å². The number of amides is 1. The molecular weight excluding hydrogens is 260 g/mol. The molecule has 19 heavy (non-hydrogen) atoms. The van der Waals surface area contributed by atoms with Crippen molar-refractivity contribution in [3.63, 3.8) is 0 Å². The predicted molar refractivity (Wildman–Crippen MR) is 81.3 cm³/mol. The number of likely N-dealkylation sites (tertiary alicyclic amines) is 1. The molecule has 0 aromatic heterocycles. The third kappa shape index (κ3) is 3.25. The second-order valence-corrected chi connectivity index (χ2v) is 6.25. The van der Waals surface area contributed by atoms with Crippen LogP contribution in [-0.2, 0) is 4.79 Å². The van der Waals surface area contributed by atoms with Crippen molar-refractivity contribution < 1.29 is 4.79 Å². The minimum absolute atomic E-state index is 0. The van der Waals surface area contributed by atoms with Gasteiger partial charge in [0.2, 0.25) is 5.91 Å². The molecule has 1 saturated carbocycles. The lowest BCUT2D eigenvalue weighted by molar-refractivity contribution is -0.136. The number of hydrogen-bond acceptors (Lipinski definition) is 2. The molecular formula is C15H29ClN2O. The van der Waals surface area contributed by atoms with Gasteiger partial charge in [-0.25, -0.2) is 0 Å². The van der Waals surface area contributed by atoms with Crippen molar-refractivity contribution in [3.05, 3.63) is 0 Å². The predicted octanol–water partition coefficient (Wildman–Crippen LogP) is 2.82. The van der Waals surface area contributed by atoms with E-state index in [9.17, 15) is 4.79 Å². The Balaban J connectivity index is 0.00000180. The average molecular weight is 289 g/mol. The molecule has 2 aliphatic rings. The Morgan fingerprint density at radius 2 is 2.00 bits per heavy atom. The molecule has 3 nitrogen and oxygen atoms in total. The molecule has 0 aromatic carbocycles. The summed E-state index contributed by atoms with van der Waals surface area (Å²) in [5.41, 5.74) is 6.19. The van der Waals surface area contributed by atoms with Crippen molar-refractivity contribution in [2.24, 2.45) is 23.0 Å². The van der Waals surface area contributed by atoms with Gasteiger partial charge < -0.3 is 10.6 Å². The lowest BCUT2D eigenvalue weighted by Crippen LogP contribution is -2.39. The molecule has 0 bridgehead atoms. The van der Waals surface area contributed by atoms with Crippen LogP contribution in [0.3, 0.4) is 0 Å². The summed E-state index contributed by atoms with van der Waals surface area (Å²) in [6.45, 7) is 7.14. The molecule has 0 aromatic rings. The Morgan fingerprint density at radius 3 is 2.53 bits per heavy atom. The van der Waals surface area contributed by atoms with Crippen LogP contribution in [0.15, 0.2) is 0 Å². The van der Waals surface area contributed by atoms with Gasteiger partial charge in [-0.2, -0.15) is 0 Å². The highest BCUT2D eigenvalue weighted by Crippen LogP contribution is 2.39. The minimum atomic E-state index is 0. The van der Waals surface area contributed by atoms with Crippen LogP contribution in [0.2, 0.25) is 0 Å². The highest BCUT2D eigenvalue weighted by atomic mass is 35.5. The molecule has 1 amide bonds. The van der Waals surface area contributed by atoms with Crippen molar-refractivity contribution in [1.82, 2.24) is 4.90 Å². The quantitative estimate of drug-likeness (QED) is 0.865. The van der Waals surface area contributed by atoms with Gasteiger partial charge in [-0.05, 0) is 50.0 Å². The molecule has 0 radical (unpaired) electrons. The van der Waals surface area contributed by atoms with Gasteiger partial charge in [0.1, 0.15) is 0 Å². The van der Waals surface area contributed by atoms with Gasteiger partial charge in [0.25, 0.3) is 0 Å². The Hall–Kier alpha value is -0.280. The molecule has 1 saturated heterocycles. The summed E-state index contributed by atoms with van der Waals surface area (Å²) in [4.78, 5) is 14.7. The van der Waals surface area contributed by atoms with Crippen LogP contribution < -0.4 is 5.73 Å². The summed E-state index contributed by atoms with van der Waals surface area (Å²) in [6.07, 6.45) is 6.96. The molecule has 2 fully saturated rings. The SMILES string of the molecule is CCC1(CC)CCN(C(=O)[C@@H]2CCC[C@@H]2CN)C1.Cl. The standard InChI is InChI=1S/C15H28N2O.ClH/c1-3-15(4-2)8-9-17(11-15)14(18)13-7-5-6-12(13)10-16;/h12-13H,3-11,16H2,1-2H3;1H/t12-,13-;/m1./s1. The van der Waals surface area contributed by atoms with Crippen molar-refractivity contribution in [2.45, 2.75) is 52.4 Å². The smallest absolute Gasteiger partial charge is 0.226 e. The molecule has 0 unspecified atom stereocenters. The second-order valence-electron chi connectivity index (χ2n) is 6.25. The van der Waals surface area contributed by atoms with E-state index in [-0.39, 0.29) is 18.3 Å². The van der Waals surface area contributed by atoms with Crippen LogP contribution in [0.5, 0.6) is 0 Å². The zero-order chi connectivity index (χ0) is 13.2. The molecule has 0 spiro atoms. The van der Waals surface area contributed by atoms with Crippen LogP contribution in [-0.4, -0.2) is 30.4 Å². The number of nitrogens with two attached hydrogens (primary N) is 1. The summed E-state index contributed by atoms with van der Waals surface area (Å²) >= 11 is 0. The van der Waals surface area contributed by atoms with Gasteiger partial charge in [0.15, 0.2) is 0 Å². The molecule has 2 N–H and O–H groups in total. The number of carbonyl (C=O) groups is 1. The molecule has 1 aliphatic heterocycles. The fourth-order valence-electron chi connectivity index (χ4n) is 3.83. The van der Waals surface area contributed by atoms with E-state index < -0.39 is 0 Å². The van der Waals surface area contributed by atoms with Gasteiger partial charge >= 0.3 is 0 Å². The number of hydrogen-bond donors (Lipinski definition) is 1. The molecule has 1 heterocycles. The highest BCUT2D eigenvalue weighted by molar-refractivity contribution is 5.85. The minimum Gasteiger partial charge on any atom is -0.342 e. The molecule has 1 aliphatic carbocycles. The van der Waals surface area contributed by atoms with E-state index in [1.165, 1.54) is 25.7 Å². The number of rotatable bonds is 4. The monoisotopic (exact) mass is 288 g/mol. The fraction of sp³-hybridized carbons (Fsp3) is 0.933. The zero-order valence-corrected chi connectivity index (χ0v) is 13.2. The highest BCUT2D eigenvalue weighted by Gasteiger charge is 2.41. The number of nitrogens with zero attached hydrogens (tertiary/aromatic N) is 1. The summed E-state index contributed by atoms with van der Waals surface area (Å²) in [5.74, 6) is 1.06. The van der Waals surface area contributed by atoms with Crippen LogP contribution in [0.1, 0.15) is 52.4 Å². The van der Waals surface area contributed by atoms with E-state index in [0.717, 1.165) is 25.9 Å². The van der Waals surface area contributed by atoms with Crippen molar-refractivity contribution in [3.8, 4) is 0 Å². The lowest BCUT2D eigenvalue weighted by Gasteiger charge is -2.28. The van der Waals surface area contributed by atoms with Gasteiger partial charge in [0.05, 0.1) is 0 Å². The van der Waals surface area contributed by atoms with Gasteiger partial charge in [-0.15, -0.1) is 12.4 Å². The first-order valence-electron chi connectivity index (χ1n) is 7.64.